The van der Waals surface area contributed by atoms with Crippen LogP contribution in [-0.4, -0.2) is 11.4 Å². The van der Waals surface area contributed by atoms with Gasteiger partial charge in [-0.2, -0.15) is 0 Å². The molecule has 0 aromatic heterocycles. The van der Waals surface area contributed by atoms with Gasteiger partial charge in [0.25, 0.3) is 0 Å². The Balaban J connectivity index is 1.29. The first-order valence-electron chi connectivity index (χ1n) is 16.3. The lowest BCUT2D eigenvalue weighted by atomic mass is 9.92. The van der Waals surface area contributed by atoms with Gasteiger partial charge in [-0.1, -0.05) is 158 Å². The number of aliphatic imine (C=N–C) groups is 2. The Morgan fingerprint density at radius 2 is 0.542 bits per heavy atom. The molecule has 0 fully saturated rings. The highest BCUT2D eigenvalue weighted by Gasteiger charge is 2.22. The van der Waals surface area contributed by atoms with Gasteiger partial charge in [0, 0.05) is 22.3 Å². The normalized spacial score (nSPS) is 12.4. The number of fused-ring (bicyclic) bond motifs is 4. The van der Waals surface area contributed by atoms with Crippen LogP contribution in [-0.2, 0) is 0 Å². The van der Waals surface area contributed by atoms with Crippen LogP contribution in [0.1, 0.15) is 22.3 Å². The van der Waals surface area contributed by atoms with Crippen molar-refractivity contribution in [2.24, 2.45) is 9.98 Å². The minimum atomic E-state index is 0.903. The smallest absolute Gasteiger partial charge is 0.0803 e. The molecule has 0 bridgehead atoms. The van der Waals surface area contributed by atoms with Crippen LogP contribution in [0.2, 0.25) is 0 Å². The SMILES string of the molecule is c1ccc(-c2ccc(C3=Nc4cc5ccccc5cc4C(c4ccc(-c5ccccc5)cc4)=Nc4cc5ccccc5cc43)cc2)cc1. The zero-order valence-corrected chi connectivity index (χ0v) is 26.2. The van der Waals surface area contributed by atoms with Gasteiger partial charge in [-0.3, -0.25) is 0 Å². The van der Waals surface area contributed by atoms with Gasteiger partial charge in [0.05, 0.1) is 22.8 Å². The van der Waals surface area contributed by atoms with Gasteiger partial charge < -0.3 is 0 Å². The van der Waals surface area contributed by atoms with Crippen LogP contribution in [0.4, 0.5) is 11.4 Å². The van der Waals surface area contributed by atoms with Gasteiger partial charge in [-0.05, 0) is 68.1 Å². The van der Waals surface area contributed by atoms with Crippen molar-refractivity contribution in [1.82, 2.24) is 0 Å². The molecule has 0 radical (unpaired) electrons. The maximum Gasteiger partial charge on any atom is 0.0803 e. The van der Waals surface area contributed by atoms with E-state index in [2.05, 4.69) is 182 Å². The standard InChI is InChI=1S/C46H30N2/c1-3-11-31(12-4-1)33-19-23-35(24-20-33)45-41-27-37-15-7-9-17-39(37)29-43(41)48-46(36-25-21-34(22-26-36)32-13-5-2-6-14-32)42-28-38-16-8-10-18-40(38)30-44(42)47-45/h1-30H. The van der Waals surface area contributed by atoms with Gasteiger partial charge in [0.2, 0.25) is 0 Å². The summed E-state index contributed by atoms with van der Waals surface area (Å²) in [5.74, 6) is 0. The summed E-state index contributed by atoms with van der Waals surface area (Å²) in [6, 6.07) is 64.5. The minimum Gasteiger partial charge on any atom is -0.247 e. The molecular formula is C46H30N2. The lowest BCUT2D eigenvalue weighted by Gasteiger charge is -2.20. The Labute approximate surface area is 280 Å². The van der Waals surface area contributed by atoms with Gasteiger partial charge in [-0.25, -0.2) is 9.98 Å². The van der Waals surface area contributed by atoms with E-state index in [4.69, 9.17) is 9.98 Å². The molecule has 48 heavy (non-hydrogen) atoms. The molecular weight excluding hydrogens is 581 g/mol. The average molecular weight is 611 g/mol. The molecule has 1 aliphatic heterocycles. The number of hydrogen-bond acceptors (Lipinski definition) is 2. The minimum absolute atomic E-state index is 0.903. The second-order valence-corrected chi connectivity index (χ2v) is 12.2. The molecule has 2 heteroatoms. The summed E-state index contributed by atoms with van der Waals surface area (Å²) in [5, 5.41) is 4.62. The third-order valence-electron chi connectivity index (χ3n) is 9.23. The number of rotatable bonds is 4. The van der Waals surface area contributed by atoms with E-state index in [0.717, 1.165) is 66.6 Å². The predicted molar refractivity (Wildman–Crippen MR) is 202 cm³/mol. The van der Waals surface area contributed by atoms with Crippen molar-refractivity contribution in [3.63, 3.8) is 0 Å². The summed E-state index contributed by atoms with van der Waals surface area (Å²) < 4.78 is 0. The van der Waals surface area contributed by atoms with Crippen LogP contribution in [0.15, 0.2) is 192 Å². The van der Waals surface area contributed by atoms with Gasteiger partial charge in [0.15, 0.2) is 0 Å². The Morgan fingerprint density at radius 3 is 0.917 bits per heavy atom. The fourth-order valence-electron chi connectivity index (χ4n) is 6.72. The number of benzene rings is 8. The molecule has 0 saturated carbocycles. The molecule has 0 amide bonds. The summed E-state index contributed by atoms with van der Waals surface area (Å²) in [6.07, 6.45) is 0. The van der Waals surface area contributed by atoms with Gasteiger partial charge in [-0.15, -0.1) is 0 Å². The molecule has 0 spiro atoms. The maximum atomic E-state index is 5.55. The van der Waals surface area contributed by atoms with E-state index >= 15 is 0 Å². The Kier molecular flexibility index (Phi) is 6.84. The van der Waals surface area contributed by atoms with Crippen LogP contribution < -0.4 is 0 Å². The molecule has 0 saturated heterocycles. The monoisotopic (exact) mass is 610 g/mol. The van der Waals surface area contributed by atoms with Crippen LogP contribution in [0.25, 0.3) is 43.8 Å². The average Bonchev–Trinajstić information content (AvgIpc) is 3.16. The summed E-state index contributed by atoms with van der Waals surface area (Å²) in [4.78, 5) is 11.1. The van der Waals surface area contributed by atoms with Crippen molar-refractivity contribution < 1.29 is 0 Å². The molecule has 1 heterocycles. The summed E-state index contributed by atoms with van der Waals surface area (Å²) >= 11 is 0. The molecule has 2 nitrogen and oxygen atoms in total. The Hall–Kier alpha value is -6.38. The molecule has 0 unspecified atom stereocenters. The molecule has 9 rings (SSSR count). The van der Waals surface area contributed by atoms with E-state index < -0.39 is 0 Å². The summed E-state index contributed by atoms with van der Waals surface area (Å²) in [6.45, 7) is 0. The van der Waals surface area contributed by atoms with Crippen LogP contribution in [0.5, 0.6) is 0 Å². The van der Waals surface area contributed by atoms with E-state index in [-0.39, 0.29) is 0 Å². The molecule has 224 valence electrons. The van der Waals surface area contributed by atoms with Crippen molar-refractivity contribution in [2.75, 3.05) is 0 Å². The molecule has 1 aliphatic rings. The maximum absolute atomic E-state index is 5.55. The van der Waals surface area contributed by atoms with E-state index in [9.17, 15) is 0 Å². The largest absolute Gasteiger partial charge is 0.247 e. The first kappa shape index (κ1) is 27.9. The van der Waals surface area contributed by atoms with E-state index in [1.165, 1.54) is 22.3 Å². The molecule has 0 N–H and O–H groups in total. The third-order valence-corrected chi connectivity index (χ3v) is 9.23. The van der Waals surface area contributed by atoms with Crippen molar-refractivity contribution in [1.29, 1.82) is 0 Å². The molecule has 0 aliphatic carbocycles. The number of hydrogen-bond donors (Lipinski definition) is 0. The van der Waals surface area contributed by atoms with E-state index in [1.807, 2.05) is 0 Å². The van der Waals surface area contributed by atoms with Crippen molar-refractivity contribution in [2.45, 2.75) is 0 Å². The second-order valence-electron chi connectivity index (χ2n) is 12.2. The van der Waals surface area contributed by atoms with Crippen molar-refractivity contribution in [3.8, 4) is 22.3 Å². The molecule has 0 atom stereocenters. The fourth-order valence-corrected chi connectivity index (χ4v) is 6.72. The number of nitrogens with zero attached hydrogens (tertiary/aromatic N) is 2. The van der Waals surface area contributed by atoms with Crippen LogP contribution in [0, 0.1) is 0 Å². The van der Waals surface area contributed by atoms with Crippen molar-refractivity contribution in [3.05, 3.63) is 204 Å². The van der Waals surface area contributed by atoms with Crippen LogP contribution in [0.3, 0.4) is 0 Å². The Morgan fingerprint density at radius 1 is 0.250 bits per heavy atom. The summed E-state index contributed by atoms with van der Waals surface area (Å²) in [5.41, 5.74) is 12.5. The highest BCUT2D eigenvalue weighted by Crippen LogP contribution is 2.38. The van der Waals surface area contributed by atoms with E-state index in [1.54, 1.807) is 0 Å². The topological polar surface area (TPSA) is 24.7 Å². The first-order chi connectivity index (χ1) is 23.8. The zero-order valence-electron chi connectivity index (χ0n) is 26.2. The highest BCUT2D eigenvalue weighted by molar-refractivity contribution is 6.24. The lowest BCUT2D eigenvalue weighted by molar-refractivity contribution is 1.41. The second kappa shape index (κ2) is 11.8. The zero-order chi connectivity index (χ0) is 31.9. The predicted octanol–water partition coefficient (Wildman–Crippen LogP) is 12.0. The van der Waals surface area contributed by atoms with Crippen LogP contribution >= 0.6 is 0 Å². The van der Waals surface area contributed by atoms with E-state index in [0.29, 0.717) is 0 Å². The van der Waals surface area contributed by atoms with Crippen molar-refractivity contribution >= 4 is 44.3 Å². The fraction of sp³-hybridized carbons (Fsp3) is 0. The molecule has 8 aromatic carbocycles. The quantitative estimate of drug-likeness (QED) is 0.189. The third kappa shape index (κ3) is 5.10. The lowest BCUT2D eigenvalue weighted by Crippen LogP contribution is -2.10. The highest BCUT2D eigenvalue weighted by atomic mass is 14.8. The first-order valence-corrected chi connectivity index (χ1v) is 16.3. The Bertz CT molecular complexity index is 2330. The van der Waals surface area contributed by atoms with Gasteiger partial charge >= 0.3 is 0 Å². The molecule has 8 aromatic rings. The summed E-state index contributed by atoms with van der Waals surface area (Å²) in [7, 11) is 0. The van der Waals surface area contributed by atoms with Gasteiger partial charge in [0.1, 0.15) is 0 Å².